The Kier molecular flexibility index (Phi) is 4.87. The molecule has 1 saturated heterocycles. The highest BCUT2D eigenvalue weighted by atomic mass is 16.4. The second kappa shape index (κ2) is 7.82. The smallest absolute Gasteiger partial charge is 0.298 e. The van der Waals surface area contributed by atoms with Crippen LogP contribution in [0.2, 0.25) is 0 Å². The van der Waals surface area contributed by atoms with E-state index in [1.54, 1.807) is 0 Å². The lowest BCUT2D eigenvalue weighted by Gasteiger charge is -2.31. The number of amides is 1. The van der Waals surface area contributed by atoms with Crippen molar-refractivity contribution in [3.05, 3.63) is 72.3 Å². The van der Waals surface area contributed by atoms with E-state index in [-0.39, 0.29) is 17.9 Å². The summed E-state index contributed by atoms with van der Waals surface area (Å²) >= 11 is 0. The second-order valence-corrected chi connectivity index (χ2v) is 8.02. The fraction of sp³-hybridized carbons (Fsp3) is 0.280. The Morgan fingerprint density at radius 1 is 1.03 bits per heavy atom. The van der Waals surface area contributed by atoms with Crippen molar-refractivity contribution in [2.75, 3.05) is 18.0 Å². The lowest BCUT2D eigenvalue weighted by atomic mass is 9.94. The second-order valence-electron chi connectivity index (χ2n) is 8.02. The van der Waals surface area contributed by atoms with Gasteiger partial charge >= 0.3 is 0 Å². The number of hydrogen-bond donors (Lipinski definition) is 1. The molecule has 0 spiro atoms. The first kappa shape index (κ1) is 18.7. The summed E-state index contributed by atoms with van der Waals surface area (Å²) in [5.41, 5.74) is 2.83. The predicted octanol–water partition coefficient (Wildman–Crippen LogP) is 5.07. The van der Waals surface area contributed by atoms with Crippen LogP contribution in [0.15, 0.2) is 71.1 Å². The molecule has 1 amide bonds. The molecule has 1 aromatic heterocycles. The van der Waals surface area contributed by atoms with Gasteiger partial charge in [0.2, 0.25) is 5.91 Å². The molecule has 1 N–H and O–H groups in total. The van der Waals surface area contributed by atoms with Crippen molar-refractivity contribution in [2.45, 2.75) is 25.8 Å². The molecule has 0 saturated carbocycles. The van der Waals surface area contributed by atoms with E-state index in [4.69, 9.17) is 4.42 Å². The van der Waals surface area contributed by atoms with Gasteiger partial charge in [-0.3, -0.25) is 4.79 Å². The molecule has 1 aliphatic heterocycles. The Labute approximate surface area is 175 Å². The van der Waals surface area contributed by atoms with Gasteiger partial charge in [0, 0.05) is 19.0 Å². The monoisotopic (exact) mass is 399 g/mol. The van der Waals surface area contributed by atoms with Crippen molar-refractivity contribution in [1.29, 1.82) is 0 Å². The number of anilines is 1. The molecule has 1 aliphatic rings. The van der Waals surface area contributed by atoms with Gasteiger partial charge in [-0.2, -0.15) is 4.98 Å². The molecule has 152 valence electrons. The van der Waals surface area contributed by atoms with Crippen molar-refractivity contribution in [1.82, 2.24) is 10.3 Å². The standard InChI is InChI=1S/C25H25N3O2/c1-17(20-10-6-8-18-7-2-3-9-21(18)20)26-24(29)19-13-15-28(16-14-19)25-27-22-11-4-5-12-23(22)30-25/h2-12,17,19H,13-16H2,1H3,(H,26,29). The zero-order valence-electron chi connectivity index (χ0n) is 17.0. The Morgan fingerprint density at radius 3 is 2.60 bits per heavy atom. The minimum atomic E-state index is -0.0290. The number of oxazole rings is 1. The number of carbonyl (C=O) groups is 1. The van der Waals surface area contributed by atoms with Gasteiger partial charge in [0.15, 0.2) is 5.58 Å². The van der Waals surface area contributed by atoms with E-state index in [2.05, 4.69) is 52.5 Å². The fourth-order valence-electron chi connectivity index (χ4n) is 4.37. The molecule has 1 fully saturated rings. The Hall–Kier alpha value is -3.34. The fourth-order valence-corrected chi connectivity index (χ4v) is 4.37. The van der Waals surface area contributed by atoms with Crippen molar-refractivity contribution in [3.8, 4) is 0 Å². The Morgan fingerprint density at radius 2 is 1.77 bits per heavy atom. The zero-order valence-corrected chi connectivity index (χ0v) is 17.0. The highest BCUT2D eigenvalue weighted by Crippen LogP contribution is 2.28. The van der Waals surface area contributed by atoms with Gasteiger partial charge < -0.3 is 14.6 Å². The minimum absolute atomic E-state index is 0.0167. The van der Waals surface area contributed by atoms with Crippen LogP contribution in [0.3, 0.4) is 0 Å². The van der Waals surface area contributed by atoms with Crippen LogP contribution in [-0.2, 0) is 4.79 Å². The summed E-state index contributed by atoms with van der Waals surface area (Å²) in [6.45, 7) is 3.61. The Balaban J connectivity index is 1.23. The summed E-state index contributed by atoms with van der Waals surface area (Å²) < 4.78 is 5.88. The lowest BCUT2D eigenvalue weighted by Crippen LogP contribution is -2.41. The van der Waals surface area contributed by atoms with E-state index in [9.17, 15) is 4.79 Å². The maximum Gasteiger partial charge on any atom is 0.298 e. The van der Waals surface area contributed by atoms with E-state index in [1.165, 1.54) is 10.8 Å². The molecule has 5 nitrogen and oxygen atoms in total. The largest absolute Gasteiger partial charge is 0.423 e. The third-order valence-corrected chi connectivity index (χ3v) is 6.07. The van der Waals surface area contributed by atoms with E-state index in [0.29, 0.717) is 6.01 Å². The van der Waals surface area contributed by atoms with Crippen LogP contribution in [0.25, 0.3) is 21.9 Å². The molecule has 1 unspecified atom stereocenters. The molecule has 0 bridgehead atoms. The first-order valence-corrected chi connectivity index (χ1v) is 10.6. The van der Waals surface area contributed by atoms with Gasteiger partial charge in [-0.25, -0.2) is 0 Å². The van der Waals surface area contributed by atoms with Gasteiger partial charge in [0.25, 0.3) is 6.01 Å². The molecule has 30 heavy (non-hydrogen) atoms. The number of benzene rings is 3. The van der Waals surface area contributed by atoms with E-state index >= 15 is 0 Å². The van der Waals surface area contributed by atoms with Crippen LogP contribution >= 0.6 is 0 Å². The molecule has 3 aromatic carbocycles. The summed E-state index contributed by atoms with van der Waals surface area (Å²) in [7, 11) is 0. The van der Waals surface area contributed by atoms with E-state index in [1.807, 2.05) is 36.4 Å². The SMILES string of the molecule is CC(NC(=O)C1CCN(c2nc3ccccc3o2)CC1)c1cccc2ccccc12. The summed E-state index contributed by atoms with van der Waals surface area (Å²) in [4.78, 5) is 19.7. The molecular formula is C25H25N3O2. The van der Waals surface area contributed by atoms with Crippen molar-refractivity contribution < 1.29 is 9.21 Å². The molecule has 1 atom stereocenters. The van der Waals surface area contributed by atoms with Gasteiger partial charge in [-0.1, -0.05) is 54.6 Å². The van der Waals surface area contributed by atoms with Crippen molar-refractivity contribution in [2.24, 2.45) is 5.92 Å². The predicted molar refractivity (Wildman–Crippen MR) is 119 cm³/mol. The van der Waals surface area contributed by atoms with Crippen LogP contribution in [-0.4, -0.2) is 24.0 Å². The average Bonchev–Trinajstić information content (AvgIpc) is 3.23. The maximum atomic E-state index is 12.9. The normalized spacial score (nSPS) is 16.1. The van der Waals surface area contributed by atoms with Crippen LogP contribution in [0.1, 0.15) is 31.4 Å². The van der Waals surface area contributed by atoms with Gasteiger partial charge in [0.05, 0.1) is 6.04 Å². The lowest BCUT2D eigenvalue weighted by molar-refractivity contribution is -0.126. The van der Waals surface area contributed by atoms with Gasteiger partial charge in [-0.15, -0.1) is 0 Å². The molecule has 0 radical (unpaired) electrons. The topological polar surface area (TPSA) is 58.4 Å². The quantitative estimate of drug-likeness (QED) is 0.520. The van der Waals surface area contributed by atoms with Crippen molar-refractivity contribution >= 4 is 33.8 Å². The summed E-state index contributed by atoms with van der Waals surface area (Å²) in [6.07, 6.45) is 1.60. The van der Waals surface area contributed by atoms with Crippen LogP contribution < -0.4 is 10.2 Å². The molecule has 5 rings (SSSR count). The molecule has 0 aliphatic carbocycles. The maximum absolute atomic E-state index is 12.9. The number of hydrogen-bond acceptors (Lipinski definition) is 4. The number of aromatic nitrogens is 1. The number of para-hydroxylation sites is 2. The van der Waals surface area contributed by atoms with Gasteiger partial charge in [0.1, 0.15) is 5.52 Å². The van der Waals surface area contributed by atoms with E-state index in [0.717, 1.165) is 42.6 Å². The van der Waals surface area contributed by atoms with Gasteiger partial charge in [-0.05, 0) is 48.2 Å². The number of nitrogens with zero attached hydrogens (tertiary/aromatic N) is 2. The zero-order chi connectivity index (χ0) is 20.5. The number of nitrogens with one attached hydrogen (secondary N) is 1. The van der Waals surface area contributed by atoms with Crippen LogP contribution in [0, 0.1) is 5.92 Å². The van der Waals surface area contributed by atoms with Crippen LogP contribution in [0.4, 0.5) is 6.01 Å². The molecule has 4 aromatic rings. The minimum Gasteiger partial charge on any atom is -0.423 e. The third-order valence-electron chi connectivity index (χ3n) is 6.07. The summed E-state index contributed by atoms with van der Waals surface area (Å²) in [5.74, 6) is 0.149. The first-order chi connectivity index (χ1) is 14.7. The Bertz CT molecular complexity index is 1150. The number of carbonyl (C=O) groups excluding carboxylic acids is 1. The summed E-state index contributed by atoms with van der Waals surface area (Å²) in [6, 6.07) is 23.0. The number of rotatable bonds is 4. The van der Waals surface area contributed by atoms with E-state index < -0.39 is 0 Å². The number of piperidine rings is 1. The average molecular weight is 399 g/mol. The molecule has 5 heteroatoms. The highest BCUT2D eigenvalue weighted by Gasteiger charge is 2.28. The van der Waals surface area contributed by atoms with Crippen LogP contribution in [0.5, 0.6) is 0 Å². The third kappa shape index (κ3) is 3.52. The van der Waals surface area contributed by atoms with Crippen molar-refractivity contribution in [3.63, 3.8) is 0 Å². The summed E-state index contributed by atoms with van der Waals surface area (Å²) in [5, 5.41) is 5.63. The number of fused-ring (bicyclic) bond motifs is 2. The first-order valence-electron chi connectivity index (χ1n) is 10.6. The molecule has 2 heterocycles. The highest BCUT2D eigenvalue weighted by molar-refractivity contribution is 5.87. The molecular weight excluding hydrogens is 374 g/mol.